The van der Waals surface area contributed by atoms with E-state index < -0.39 is 6.10 Å². The van der Waals surface area contributed by atoms with Crippen molar-refractivity contribution in [2.75, 3.05) is 6.67 Å². The molecule has 0 N–H and O–H groups in total. The summed E-state index contributed by atoms with van der Waals surface area (Å²) < 4.78 is 12.8. The van der Waals surface area contributed by atoms with Crippen LogP contribution in [-0.2, 0) is 5.11 Å². The van der Waals surface area contributed by atoms with Gasteiger partial charge in [-0.2, -0.15) is 0 Å². The second-order valence-corrected chi connectivity index (χ2v) is 8.69. The molecule has 0 aliphatic carbocycles. The van der Waals surface area contributed by atoms with Crippen LogP contribution in [0.1, 0.15) is 78.1 Å². The lowest BCUT2D eigenvalue weighted by molar-refractivity contribution is 0.0751. The molecule has 3 rings (SSSR count). The topological polar surface area (TPSA) is 19.9 Å². The van der Waals surface area contributed by atoms with Crippen molar-refractivity contribution >= 4 is 21.5 Å². The van der Waals surface area contributed by atoms with E-state index in [4.69, 9.17) is 0 Å². The molecule has 3 aromatic carbocycles. The van der Waals surface area contributed by atoms with Gasteiger partial charge in [-0.25, -0.2) is 5.11 Å². The molecule has 0 saturated heterocycles. The molecular weight excluding hydrogens is 383 g/mol. The van der Waals surface area contributed by atoms with Crippen molar-refractivity contribution in [1.82, 2.24) is 0 Å². The summed E-state index contributed by atoms with van der Waals surface area (Å²) in [7, 11) is 0. The molecule has 2 heteroatoms. The maximum atomic E-state index is 12.8. The van der Waals surface area contributed by atoms with E-state index in [9.17, 15) is 9.50 Å². The molecule has 0 aliphatic rings. The fourth-order valence-electron chi connectivity index (χ4n) is 4.12. The van der Waals surface area contributed by atoms with E-state index in [2.05, 4.69) is 67.6 Å². The monoisotopic (exact) mass is 423 g/mol. The van der Waals surface area contributed by atoms with Gasteiger partial charge in [0.15, 0.2) is 0 Å². The van der Waals surface area contributed by atoms with E-state index in [1.807, 2.05) is 6.92 Å². The lowest BCUT2D eigenvalue weighted by atomic mass is 9.95. The van der Waals surface area contributed by atoms with E-state index in [1.165, 1.54) is 47.2 Å². The number of hydrogen-bond donors (Lipinski definition) is 0. The molecule has 0 fully saturated rings. The largest absolute Gasteiger partial charge is 0.251 e. The molecule has 2 atom stereocenters. The maximum absolute atomic E-state index is 12.8. The van der Waals surface area contributed by atoms with Crippen molar-refractivity contribution in [1.29, 1.82) is 0 Å². The SMILES string of the molecule is CCCCCCC(CF)CCCCC([O])CC.c1ccc2c(c1)ccc1ccccc12. The van der Waals surface area contributed by atoms with Gasteiger partial charge >= 0.3 is 0 Å². The maximum Gasteiger partial charge on any atom is 0.0927 e. The summed E-state index contributed by atoms with van der Waals surface area (Å²) in [5.41, 5.74) is 0. The minimum absolute atomic E-state index is 0.180. The van der Waals surface area contributed by atoms with Gasteiger partial charge in [0, 0.05) is 0 Å². The summed E-state index contributed by atoms with van der Waals surface area (Å²) in [4.78, 5) is 0. The Kier molecular flexibility index (Phi) is 12.2. The first kappa shape index (κ1) is 25.3. The first-order valence-corrected chi connectivity index (χ1v) is 12.3. The Hall–Kier alpha value is -1.93. The fraction of sp³-hybridized carbons (Fsp3) is 0.517. The molecule has 0 heterocycles. The predicted octanol–water partition coefficient (Wildman–Crippen LogP) is 9.30. The molecule has 169 valence electrons. The highest BCUT2D eigenvalue weighted by Crippen LogP contribution is 2.24. The molecule has 0 aliphatic heterocycles. The van der Waals surface area contributed by atoms with Gasteiger partial charge in [-0.05, 0) is 53.1 Å². The Morgan fingerprint density at radius 3 is 1.71 bits per heavy atom. The summed E-state index contributed by atoms with van der Waals surface area (Å²) in [6.07, 6.45) is 10.0. The third kappa shape index (κ3) is 8.99. The van der Waals surface area contributed by atoms with Gasteiger partial charge in [0.1, 0.15) is 0 Å². The smallest absolute Gasteiger partial charge is 0.0927 e. The molecule has 31 heavy (non-hydrogen) atoms. The molecule has 1 nitrogen and oxygen atoms in total. The number of alkyl halides is 1. The summed E-state index contributed by atoms with van der Waals surface area (Å²) >= 11 is 0. The van der Waals surface area contributed by atoms with Crippen LogP contribution in [0.4, 0.5) is 4.39 Å². The minimum atomic E-state index is -0.400. The number of fused-ring (bicyclic) bond motifs is 3. The third-order valence-electron chi connectivity index (χ3n) is 6.18. The van der Waals surface area contributed by atoms with Crippen LogP contribution in [-0.4, -0.2) is 12.8 Å². The number of rotatable bonds is 12. The van der Waals surface area contributed by atoms with Crippen molar-refractivity contribution in [2.45, 2.75) is 84.2 Å². The van der Waals surface area contributed by atoms with Gasteiger partial charge < -0.3 is 0 Å². The quantitative estimate of drug-likeness (QED) is 0.204. The van der Waals surface area contributed by atoms with E-state index in [-0.39, 0.29) is 12.6 Å². The van der Waals surface area contributed by atoms with E-state index in [1.54, 1.807) is 0 Å². The number of halogens is 1. The lowest BCUT2D eigenvalue weighted by Gasteiger charge is -2.13. The van der Waals surface area contributed by atoms with Crippen LogP contribution in [0.2, 0.25) is 0 Å². The van der Waals surface area contributed by atoms with Crippen LogP contribution < -0.4 is 0 Å². The lowest BCUT2D eigenvalue weighted by Crippen LogP contribution is -2.05. The Labute approximate surface area is 188 Å². The van der Waals surface area contributed by atoms with Crippen LogP contribution in [0.3, 0.4) is 0 Å². The zero-order valence-corrected chi connectivity index (χ0v) is 19.5. The van der Waals surface area contributed by atoms with Gasteiger partial charge in [0.25, 0.3) is 0 Å². The zero-order chi connectivity index (χ0) is 22.3. The summed E-state index contributed by atoms with van der Waals surface area (Å²) in [6.45, 7) is 3.95. The van der Waals surface area contributed by atoms with E-state index in [0.29, 0.717) is 0 Å². The molecule has 2 unspecified atom stereocenters. The Morgan fingerprint density at radius 1 is 0.677 bits per heavy atom. The molecular formula is C29H40FO. The molecule has 3 aromatic rings. The van der Waals surface area contributed by atoms with E-state index >= 15 is 0 Å². The van der Waals surface area contributed by atoms with Crippen molar-refractivity contribution in [3.05, 3.63) is 60.7 Å². The van der Waals surface area contributed by atoms with Gasteiger partial charge in [-0.1, -0.05) is 113 Å². The highest BCUT2D eigenvalue weighted by molar-refractivity contribution is 6.07. The van der Waals surface area contributed by atoms with Gasteiger partial charge in [-0.3, -0.25) is 4.39 Å². The van der Waals surface area contributed by atoms with Crippen LogP contribution in [0.25, 0.3) is 21.5 Å². The normalized spacial score (nSPS) is 13.0. The molecule has 0 bridgehead atoms. The van der Waals surface area contributed by atoms with Gasteiger partial charge in [0.05, 0.1) is 12.8 Å². The zero-order valence-electron chi connectivity index (χ0n) is 19.5. The van der Waals surface area contributed by atoms with Gasteiger partial charge in [-0.15, -0.1) is 0 Å². The van der Waals surface area contributed by atoms with Crippen LogP contribution >= 0.6 is 0 Å². The van der Waals surface area contributed by atoms with E-state index in [0.717, 1.165) is 38.5 Å². The van der Waals surface area contributed by atoms with Crippen LogP contribution in [0.5, 0.6) is 0 Å². The first-order chi connectivity index (χ1) is 15.2. The Bertz CT molecular complexity index is 805. The number of benzene rings is 3. The second-order valence-electron chi connectivity index (χ2n) is 8.69. The number of hydrogen-bond acceptors (Lipinski definition) is 0. The molecule has 0 amide bonds. The van der Waals surface area contributed by atoms with Crippen LogP contribution in [0, 0.1) is 5.92 Å². The summed E-state index contributed by atoms with van der Waals surface area (Å²) in [6, 6.07) is 21.4. The summed E-state index contributed by atoms with van der Waals surface area (Å²) in [5, 5.41) is 16.5. The number of unbranched alkanes of at least 4 members (excludes halogenated alkanes) is 4. The molecule has 0 saturated carbocycles. The Balaban J connectivity index is 0.000000222. The predicted molar refractivity (Wildman–Crippen MR) is 133 cm³/mol. The van der Waals surface area contributed by atoms with Crippen molar-refractivity contribution < 1.29 is 9.50 Å². The third-order valence-corrected chi connectivity index (χ3v) is 6.18. The second kappa shape index (κ2) is 15.0. The summed E-state index contributed by atoms with van der Waals surface area (Å²) in [5.74, 6) is 0.249. The van der Waals surface area contributed by atoms with Gasteiger partial charge in [0.2, 0.25) is 0 Å². The molecule has 0 aromatic heterocycles. The highest BCUT2D eigenvalue weighted by Gasteiger charge is 2.09. The van der Waals surface area contributed by atoms with Crippen molar-refractivity contribution in [3.8, 4) is 0 Å². The standard InChI is InChI=1S/C15H30FO.C14H10/c1-3-5-6-7-10-14(13-16)11-8-9-12-15(17)4-2;1-3-7-13-11(5-1)9-10-12-6-2-4-8-14(12)13/h14-15H,3-13H2,1-2H3;1-10H. The fourth-order valence-corrected chi connectivity index (χ4v) is 4.12. The van der Waals surface area contributed by atoms with Crippen LogP contribution in [0.15, 0.2) is 60.7 Å². The van der Waals surface area contributed by atoms with Crippen molar-refractivity contribution in [3.63, 3.8) is 0 Å². The highest BCUT2D eigenvalue weighted by atomic mass is 19.1. The molecule has 1 radical (unpaired) electrons. The Morgan fingerprint density at radius 2 is 1.19 bits per heavy atom. The average molecular weight is 424 g/mol. The molecule has 0 spiro atoms. The van der Waals surface area contributed by atoms with Crippen molar-refractivity contribution in [2.24, 2.45) is 5.92 Å². The first-order valence-electron chi connectivity index (χ1n) is 12.3. The minimum Gasteiger partial charge on any atom is -0.251 e. The average Bonchev–Trinajstić information content (AvgIpc) is 2.83.